The zero-order valence-corrected chi connectivity index (χ0v) is 8.88. The molecule has 98 valence electrons. The third-order valence-electron chi connectivity index (χ3n) is 2.01. The zero-order chi connectivity index (χ0) is 13.7. The standard InChI is InChI=1S/C8H2ClF4NO4/c9-3-1-4-6(5(2-3)14(15)16)17-8(12,13)18-7(4,10)11/h1-2H. The Hall–Kier alpha value is -1.61. The second-order valence-corrected chi connectivity index (χ2v) is 3.68. The van der Waals surface area contributed by atoms with E-state index in [-0.39, 0.29) is 0 Å². The van der Waals surface area contributed by atoms with Gasteiger partial charge in [-0.05, 0) is 6.07 Å². The first-order chi connectivity index (χ1) is 8.12. The van der Waals surface area contributed by atoms with Crippen molar-refractivity contribution in [3.05, 3.63) is 32.8 Å². The van der Waals surface area contributed by atoms with Gasteiger partial charge in [-0.2, -0.15) is 8.78 Å². The second kappa shape index (κ2) is 3.69. The smallest absolute Gasteiger partial charge is 0.401 e. The first-order valence-electron chi connectivity index (χ1n) is 4.25. The van der Waals surface area contributed by atoms with Crippen molar-refractivity contribution in [3.63, 3.8) is 0 Å². The van der Waals surface area contributed by atoms with Crippen LogP contribution >= 0.6 is 11.6 Å². The number of nitro groups is 1. The van der Waals surface area contributed by atoms with Crippen LogP contribution in [0.15, 0.2) is 12.1 Å². The largest absolute Gasteiger partial charge is 0.540 e. The van der Waals surface area contributed by atoms with Gasteiger partial charge in [-0.3, -0.25) is 10.1 Å². The maximum Gasteiger partial charge on any atom is 0.540 e. The predicted molar refractivity (Wildman–Crippen MR) is 48.7 cm³/mol. The normalized spacial score (nSPS) is 19.8. The minimum atomic E-state index is -4.67. The molecule has 0 amide bonds. The maximum atomic E-state index is 13.3. The molecule has 0 fully saturated rings. The Morgan fingerprint density at radius 3 is 2.44 bits per heavy atom. The van der Waals surface area contributed by atoms with E-state index in [4.69, 9.17) is 11.6 Å². The van der Waals surface area contributed by atoms with Gasteiger partial charge in [-0.15, -0.1) is 8.78 Å². The molecule has 1 heterocycles. The van der Waals surface area contributed by atoms with E-state index in [1.807, 2.05) is 0 Å². The van der Waals surface area contributed by atoms with E-state index in [0.29, 0.717) is 12.1 Å². The summed E-state index contributed by atoms with van der Waals surface area (Å²) in [5.74, 6) is -1.27. The van der Waals surface area contributed by atoms with E-state index >= 15 is 0 Å². The summed E-state index contributed by atoms with van der Waals surface area (Å²) in [6.45, 7) is 0. The summed E-state index contributed by atoms with van der Waals surface area (Å²) in [4.78, 5) is 9.42. The number of halogens is 5. The van der Waals surface area contributed by atoms with Gasteiger partial charge in [0.05, 0.1) is 4.92 Å². The minimum absolute atomic E-state index is 0.433. The van der Waals surface area contributed by atoms with Crippen LogP contribution in [0.25, 0.3) is 0 Å². The van der Waals surface area contributed by atoms with Gasteiger partial charge in [0.25, 0.3) is 0 Å². The lowest BCUT2D eigenvalue weighted by atomic mass is 10.1. The quantitative estimate of drug-likeness (QED) is 0.452. The van der Waals surface area contributed by atoms with Crippen molar-refractivity contribution in [2.45, 2.75) is 12.4 Å². The summed E-state index contributed by atoms with van der Waals surface area (Å²) < 4.78 is 58.9. The predicted octanol–water partition coefficient (Wildman–Crippen LogP) is 3.26. The van der Waals surface area contributed by atoms with Crippen LogP contribution in [-0.4, -0.2) is 11.2 Å². The van der Waals surface area contributed by atoms with Gasteiger partial charge in [0.15, 0.2) is 0 Å². The molecule has 0 saturated carbocycles. The Bertz CT molecular complexity index is 536. The molecule has 0 N–H and O–H groups in total. The Labute approximate surface area is 101 Å². The van der Waals surface area contributed by atoms with Crippen LogP contribution in [0, 0.1) is 10.1 Å². The minimum Gasteiger partial charge on any atom is -0.401 e. The van der Waals surface area contributed by atoms with Crippen LogP contribution in [0.2, 0.25) is 5.02 Å². The second-order valence-electron chi connectivity index (χ2n) is 3.24. The molecule has 18 heavy (non-hydrogen) atoms. The van der Waals surface area contributed by atoms with Crippen molar-refractivity contribution in [3.8, 4) is 5.75 Å². The lowest BCUT2D eigenvalue weighted by Gasteiger charge is -2.30. The number of rotatable bonds is 1. The number of nitrogens with zero attached hydrogens (tertiary/aromatic N) is 1. The van der Waals surface area contributed by atoms with Crippen molar-refractivity contribution >= 4 is 17.3 Å². The number of nitro benzene ring substituents is 1. The summed E-state index contributed by atoms with van der Waals surface area (Å²) in [6.07, 6.45) is -9.12. The lowest BCUT2D eigenvalue weighted by molar-refractivity contribution is -0.465. The first kappa shape index (κ1) is 12.8. The number of ether oxygens (including phenoxy) is 2. The molecule has 0 atom stereocenters. The number of hydrogen-bond acceptors (Lipinski definition) is 4. The van der Waals surface area contributed by atoms with Gasteiger partial charge in [0.2, 0.25) is 5.75 Å². The fourth-order valence-corrected chi connectivity index (χ4v) is 1.59. The molecule has 1 aliphatic rings. The third-order valence-corrected chi connectivity index (χ3v) is 2.23. The molecule has 0 aliphatic carbocycles. The van der Waals surface area contributed by atoms with Gasteiger partial charge in [0.1, 0.15) is 5.56 Å². The van der Waals surface area contributed by atoms with Gasteiger partial charge in [0, 0.05) is 11.1 Å². The molecule has 2 rings (SSSR count). The lowest BCUT2D eigenvalue weighted by Crippen LogP contribution is -2.41. The number of hydrogen-bond donors (Lipinski definition) is 0. The Morgan fingerprint density at radius 1 is 1.28 bits per heavy atom. The number of fused-ring (bicyclic) bond motifs is 1. The van der Waals surface area contributed by atoms with E-state index in [2.05, 4.69) is 9.47 Å². The molecule has 5 nitrogen and oxygen atoms in total. The maximum absolute atomic E-state index is 13.3. The molecule has 10 heteroatoms. The number of benzene rings is 1. The van der Waals surface area contributed by atoms with Crippen LogP contribution in [0.3, 0.4) is 0 Å². The van der Waals surface area contributed by atoms with E-state index in [0.717, 1.165) is 0 Å². The highest BCUT2D eigenvalue weighted by molar-refractivity contribution is 6.31. The monoisotopic (exact) mass is 287 g/mol. The average molecular weight is 288 g/mol. The molecule has 1 aliphatic heterocycles. The molecule has 0 saturated heterocycles. The van der Waals surface area contributed by atoms with Crippen molar-refractivity contribution in [2.75, 3.05) is 0 Å². The summed E-state index contributed by atoms with van der Waals surface area (Å²) in [5.41, 5.74) is -2.33. The van der Waals surface area contributed by atoms with E-state index in [9.17, 15) is 27.7 Å². The average Bonchev–Trinajstić information content (AvgIpc) is 2.15. The summed E-state index contributed by atoms with van der Waals surface area (Å²) in [6, 6.07) is 1.18. The van der Waals surface area contributed by atoms with Crippen molar-refractivity contribution in [2.24, 2.45) is 0 Å². The molecule has 0 aromatic heterocycles. The highest BCUT2D eigenvalue weighted by Crippen LogP contribution is 2.50. The molecule has 0 radical (unpaired) electrons. The molecular weight excluding hydrogens is 286 g/mol. The molecule has 0 bridgehead atoms. The zero-order valence-electron chi connectivity index (χ0n) is 8.12. The molecule has 0 spiro atoms. The Balaban J connectivity index is 2.72. The number of alkyl halides is 4. The van der Waals surface area contributed by atoms with Gasteiger partial charge < -0.3 is 4.74 Å². The molecule has 0 unspecified atom stereocenters. The SMILES string of the molecule is O=[N+]([O-])c1cc(Cl)cc2c1OC(F)(F)OC2(F)F. The highest BCUT2D eigenvalue weighted by Gasteiger charge is 2.56. The van der Waals surface area contributed by atoms with Crippen LogP contribution in [-0.2, 0) is 10.8 Å². The fraction of sp³-hybridized carbons (Fsp3) is 0.250. The van der Waals surface area contributed by atoms with Crippen molar-refractivity contribution in [1.82, 2.24) is 0 Å². The van der Waals surface area contributed by atoms with E-state index in [1.165, 1.54) is 0 Å². The van der Waals surface area contributed by atoms with Crippen molar-refractivity contribution in [1.29, 1.82) is 0 Å². The Morgan fingerprint density at radius 2 is 1.89 bits per heavy atom. The summed E-state index contributed by atoms with van der Waals surface area (Å²) >= 11 is 5.39. The van der Waals surface area contributed by atoms with Crippen LogP contribution in [0.1, 0.15) is 5.56 Å². The van der Waals surface area contributed by atoms with Gasteiger partial charge >= 0.3 is 18.1 Å². The topological polar surface area (TPSA) is 61.6 Å². The van der Waals surface area contributed by atoms with E-state index in [1.54, 1.807) is 0 Å². The van der Waals surface area contributed by atoms with Crippen LogP contribution in [0.5, 0.6) is 5.75 Å². The van der Waals surface area contributed by atoms with Crippen LogP contribution < -0.4 is 4.74 Å². The van der Waals surface area contributed by atoms with Gasteiger partial charge in [-0.25, -0.2) is 4.74 Å². The summed E-state index contributed by atoms with van der Waals surface area (Å²) in [7, 11) is 0. The third kappa shape index (κ3) is 2.06. The molecule has 1 aromatic carbocycles. The first-order valence-corrected chi connectivity index (χ1v) is 4.63. The Kier molecular flexibility index (Phi) is 2.63. The highest BCUT2D eigenvalue weighted by atomic mass is 35.5. The fourth-order valence-electron chi connectivity index (χ4n) is 1.38. The van der Waals surface area contributed by atoms with E-state index < -0.39 is 39.3 Å². The van der Waals surface area contributed by atoms with Gasteiger partial charge in [-0.1, -0.05) is 11.6 Å². The molecule has 1 aromatic rings. The summed E-state index contributed by atoms with van der Waals surface area (Å²) in [5, 5.41) is 10.2. The molecular formula is C8H2ClF4NO4. The van der Waals surface area contributed by atoms with Crippen LogP contribution in [0.4, 0.5) is 23.2 Å². The van der Waals surface area contributed by atoms with Crippen molar-refractivity contribution < 1.29 is 32.0 Å².